The Morgan fingerprint density at radius 3 is 2.75 bits per heavy atom. The molecular formula is C9H16O2S. The van der Waals surface area contributed by atoms with E-state index in [0.29, 0.717) is 5.92 Å². The molecule has 0 N–H and O–H groups in total. The van der Waals surface area contributed by atoms with Crippen LogP contribution >= 0.6 is 0 Å². The highest BCUT2D eigenvalue weighted by Gasteiger charge is 2.17. The predicted molar refractivity (Wildman–Crippen MR) is 51.4 cm³/mol. The molecule has 70 valence electrons. The molecule has 0 bridgehead atoms. The summed E-state index contributed by atoms with van der Waals surface area (Å²) >= 11 is 0. The fourth-order valence-electron chi connectivity index (χ4n) is 1.30. The van der Waals surface area contributed by atoms with Crippen LogP contribution < -0.4 is 0 Å². The molecule has 0 unspecified atom stereocenters. The smallest absolute Gasteiger partial charge is 0.0901 e. The van der Waals surface area contributed by atoms with Crippen LogP contribution in [0.4, 0.5) is 0 Å². The highest BCUT2D eigenvalue weighted by molar-refractivity contribution is 7.85. The Morgan fingerprint density at radius 1 is 1.50 bits per heavy atom. The fraction of sp³-hybridized carbons (Fsp3) is 0.778. The van der Waals surface area contributed by atoms with Crippen molar-refractivity contribution < 1.29 is 8.95 Å². The maximum absolute atomic E-state index is 11.0. The molecule has 1 saturated heterocycles. The van der Waals surface area contributed by atoms with E-state index >= 15 is 0 Å². The van der Waals surface area contributed by atoms with Gasteiger partial charge in [-0.15, -0.1) is 0 Å². The standard InChI is InChI=1S/C9H16O2S/c1-2-5-11-8-9-3-6-12(10)7-4-9/h2,5,9H,3-4,6-8H2,1H3/b5-2+. The summed E-state index contributed by atoms with van der Waals surface area (Å²) in [6, 6.07) is 0. The summed E-state index contributed by atoms with van der Waals surface area (Å²) in [7, 11) is -0.542. The van der Waals surface area contributed by atoms with Gasteiger partial charge < -0.3 is 4.74 Å². The molecule has 0 aromatic carbocycles. The minimum atomic E-state index is -0.542. The molecule has 0 radical (unpaired) electrons. The number of hydrogen-bond acceptors (Lipinski definition) is 2. The zero-order valence-corrected chi connectivity index (χ0v) is 8.31. The van der Waals surface area contributed by atoms with Crippen molar-refractivity contribution in [2.24, 2.45) is 5.92 Å². The Balaban J connectivity index is 2.13. The zero-order chi connectivity index (χ0) is 8.81. The lowest BCUT2D eigenvalue weighted by atomic mass is 10.0. The molecule has 0 amide bonds. The lowest BCUT2D eigenvalue weighted by Gasteiger charge is -2.20. The average molecular weight is 188 g/mol. The first kappa shape index (κ1) is 9.78. The number of rotatable bonds is 3. The van der Waals surface area contributed by atoms with Crippen LogP contribution in [-0.4, -0.2) is 22.3 Å². The Bertz CT molecular complexity index is 167. The topological polar surface area (TPSA) is 26.3 Å². The van der Waals surface area contributed by atoms with Gasteiger partial charge in [-0.2, -0.15) is 0 Å². The molecule has 0 aromatic rings. The van der Waals surface area contributed by atoms with Crippen LogP contribution in [0.2, 0.25) is 0 Å². The van der Waals surface area contributed by atoms with Crippen LogP contribution in [0, 0.1) is 5.92 Å². The number of hydrogen-bond donors (Lipinski definition) is 0. The van der Waals surface area contributed by atoms with Crippen LogP contribution in [0.5, 0.6) is 0 Å². The van der Waals surface area contributed by atoms with Crippen LogP contribution in [0.3, 0.4) is 0 Å². The van der Waals surface area contributed by atoms with E-state index in [9.17, 15) is 4.21 Å². The summed E-state index contributed by atoms with van der Waals surface area (Å²) in [5.74, 6) is 2.35. The van der Waals surface area contributed by atoms with Crippen LogP contribution in [0.15, 0.2) is 12.3 Å². The molecule has 2 nitrogen and oxygen atoms in total. The third kappa shape index (κ3) is 3.39. The maximum Gasteiger partial charge on any atom is 0.0901 e. The van der Waals surface area contributed by atoms with Gasteiger partial charge in [0.1, 0.15) is 0 Å². The van der Waals surface area contributed by atoms with E-state index in [0.717, 1.165) is 31.0 Å². The van der Waals surface area contributed by atoms with E-state index in [2.05, 4.69) is 0 Å². The van der Waals surface area contributed by atoms with Crippen LogP contribution in [-0.2, 0) is 15.5 Å². The molecular weight excluding hydrogens is 172 g/mol. The largest absolute Gasteiger partial charge is 0.501 e. The Morgan fingerprint density at radius 2 is 2.17 bits per heavy atom. The van der Waals surface area contributed by atoms with E-state index in [1.807, 2.05) is 13.0 Å². The van der Waals surface area contributed by atoms with Gasteiger partial charge in [-0.1, -0.05) is 6.08 Å². The van der Waals surface area contributed by atoms with Crippen LogP contribution in [0.1, 0.15) is 19.8 Å². The quantitative estimate of drug-likeness (QED) is 0.630. The van der Waals surface area contributed by atoms with E-state index in [1.165, 1.54) is 0 Å². The molecule has 1 heterocycles. The Labute approximate surface area is 76.5 Å². The van der Waals surface area contributed by atoms with Gasteiger partial charge in [0.2, 0.25) is 0 Å². The zero-order valence-electron chi connectivity index (χ0n) is 7.49. The molecule has 1 aliphatic rings. The van der Waals surface area contributed by atoms with Crippen molar-refractivity contribution in [2.75, 3.05) is 18.1 Å². The summed E-state index contributed by atoms with van der Waals surface area (Å²) in [4.78, 5) is 0. The molecule has 1 aliphatic heterocycles. The van der Waals surface area contributed by atoms with Crippen molar-refractivity contribution in [2.45, 2.75) is 19.8 Å². The molecule has 0 atom stereocenters. The second-order valence-corrected chi connectivity index (χ2v) is 4.79. The predicted octanol–water partition coefficient (Wildman–Crippen LogP) is 1.70. The monoisotopic (exact) mass is 188 g/mol. The number of allylic oxidation sites excluding steroid dienone is 1. The first-order valence-electron chi connectivity index (χ1n) is 4.40. The van der Waals surface area contributed by atoms with Gasteiger partial charge in [-0.25, -0.2) is 0 Å². The van der Waals surface area contributed by atoms with Gasteiger partial charge in [0.05, 0.1) is 12.9 Å². The van der Waals surface area contributed by atoms with Gasteiger partial charge >= 0.3 is 0 Å². The van der Waals surface area contributed by atoms with Gasteiger partial charge in [-0.3, -0.25) is 4.21 Å². The molecule has 1 rings (SSSR count). The molecule has 0 aromatic heterocycles. The summed E-state index contributed by atoms with van der Waals surface area (Å²) in [5, 5.41) is 0. The minimum Gasteiger partial charge on any atom is -0.501 e. The fourth-order valence-corrected chi connectivity index (χ4v) is 2.69. The maximum atomic E-state index is 11.0. The van der Waals surface area contributed by atoms with E-state index < -0.39 is 10.8 Å². The Kier molecular flexibility index (Phi) is 4.36. The van der Waals surface area contributed by atoms with Crippen molar-refractivity contribution in [3.8, 4) is 0 Å². The highest BCUT2D eigenvalue weighted by atomic mass is 32.2. The van der Waals surface area contributed by atoms with E-state index in [-0.39, 0.29) is 0 Å². The number of ether oxygens (including phenoxy) is 1. The second kappa shape index (κ2) is 5.36. The minimum absolute atomic E-state index is 0.542. The SMILES string of the molecule is C/C=C/OCC1CCS(=O)CC1. The van der Waals surface area contributed by atoms with Gasteiger partial charge in [0, 0.05) is 22.3 Å². The van der Waals surface area contributed by atoms with E-state index in [4.69, 9.17) is 4.74 Å². The lowest BCUT2D eigenvalue weighted by Crippen LogP contribution is -2.21. The van der Waals surface area contributed by atoms with Crippen molar-refractivity contribution in [3.05, 3.63) is 12.3 Å². The van der Waals surface area contributed by atoms with Crippen LogP contribution in [0.25, 0.3) is 0 Å². The third-order valence-corrected chi connectivity index (χ3v) is 3.45. The molecule has 0 spiro atoms. The second-order valence-electron chi connectivity index (χ2n) is 3.09. The summed E-state index contributed by atoms with van der Waals surface area (Å²) in [6.07, 6.45) is 5.74. The van der Waals surface area contributed by atoms with Crippen molar-refractivity contribution in [3.63, 3.8) is 0 Å². The van der Waals surface area contributed by atoms with E-state index in [1.54, 1.807) is 6.26 Å². The lowest BCUT2D eigenvalue weighted by molar-refractivity contribution is 0.187. The normalized spacial score (nSPS) is 30.8. The highest BCUT2D eigenvalue weighted by Crippen LogP contribution is 2.16. The average Bonchev–Trinajstić information content (AvgIpc) is 2.09. The molecule has 0 saturated carbocycles. The first-order valence-corrected chi connectivity index (χ1v) is 5.89. The Hall–Kier alpha value is -0.310. The summed E-state index contributed by atoms with van der Waals surface area (Å²) in [5.41, 5.74) is 0. The molecule has 1 fully saturated rings. The first-order chi connectivity index (χ1) is 5.83. The molecule has 12 heavy (non-hydrogen) atoms. The van der Waals surface area contributed by atoms with Gasteiger partial charge in [0.15, 0.2) is 0 Å². The molecule has 3 heteroatoms. The van der Waals surface area contributed by atoms with Crippen molar-refractivity contribution in [1.82, 2.24) is 0 Å². The van der Waals surface area contributed by atoms with Gasteiger partial charge in [0.25, 0.3) is 0 Å². The molecule has 0 aliphatic carbocycles. The van der Waals surface area contributed by atoms with Gasteiger partial charge in [-0.05, 0) is 25.7 Å². The third-order valence-electron chi connectivity index (χ3n) is 2.07. The van der Waals surface area contributed by atoms with Crippen molar-refractivity contribution >= 4 is 10.8 Å². The van der Waals surface area contributed by atoms with Crippen molar-refractivity contribution in [1.29, 1.82) is 0 Å². The summed E-state index contributed by atoms with van der Waals surface area (Å²) in [6.45, 7) is 2.73. The summed E-state index contributed by atoms with van der Waals surface area (Å²) < 4.78 is 16.3.